The van der Waals surface area contributed by atoms with Crippen LogP contribution in [0.4, 0.5) is 0 Å². The molecule has 0 saturated carbocycles. The number of esters is 4. The molecule has 3 rings (SSSR count). The van der Waals surface area contributed by atoms with Crippen LogP contribution in [0.3, 0.4) is 0 Å². The van der Waals surface area contributed by atoms with Gasteiger partial charge in [-0.3, -0.25) is 0 Å². The van der Waals surface area contributed by atoms with Crippen molar-refractivity contribution in [3.05, 3.63) is 47.5 Å². The summed E-state index contributed by atoms with van der Waals surface area (Å²) >= 11 is 0. The number of benzene rings is 1. The summed E-state index contributed by atoms with van der Waals surface area (Å²) < 4.78 is 8.33. The number of hydrogen-bond acceptors (Lipinski definition) is 8. The van der Waals surface area contributed by atoms with Crippen LogP contribution in [-0.2, 0) is 19.1 Å². The van der Waals surface area contributed by atoms with E-state index in [2.05, 4.69) is 9.47 Å². The summed E-state index contributed by atoms with van der Waals surface area (Å²) in [4.78, 5) is 41.5. The summed E-state index contributed by atoms with van der Waals surface area (Å²) in [5, 5.41) is 15.2. The lowest BCUT2D eigenvalue weighted by Crippen LogP contribution is -1.96. The smallest absolute Gasteiger partial charge is 0.346 e. The topological polar surface area (TPSA) is 127 Å². The third-order valence-corrected chi connectivity index (χ3v) is 2.21. The molecule has 0 spiro atoms. The Hall–Kier alpha value is -2.84. The molecule has 0 aromatic heterocycles. The second-order valence-electron chi connectivity index (χ2n) is 3.74. The van der Waals surface area contributed by atoms with Gasteiger partial charge < -0.3 is 19.7 Å². The van der Waals surface area contributed by atoms with E-state index in [0.717, 1.165) is 12.2 Å². The van der Waals surface area contributed by atoms with Gasteiger partial charge in [-0.1, -0.05) is 12.1 Å². The quantitative estimate of drug-likeness (QED) is 0.529. The van der Waals surface area contributed by atoms with Gasteiger partial charge in [-0.2, -0.15) is 0 Å². The fraction of sp³-hybridized carbons (Fsp3) is 0.143. The molecule has 2 aliphatic heterocycles. The molecule has 8 nitrogen and oxygen atoms in total. The van der Waals surface area contributed by atoms with Gasteiger partial charge in [-0.25, -0.2) is 19.2 Å². The van der Waals surface area contributed by atoms with Crippen molar-refractivity contribution < 1.29 is 38.9 Å². The van der Waals surface area contributed by atoms with Crippen molar-refractivity contribution in [2.24, 2.45) is 0 Å². The Kier molecular flexibility index (Phi) is 6.61. The van der Waals surface area contributed by atoms with Crippen molar-refractivity contribution in [1.82, 2.24) is 0 Å². The molecule has 0 unspecified atom stereocenters. The zero-order chi connectivity index (χ0) is 16.5. The summed E-state index contributed by atoms with van der Waals surface area (Å²) in [6.45, 7) is -0.250. The lowest BCUT2D eigenvalue weighted by Gasteiger charge is -1.86. The van der Waals surface area contributed by atoms with Gasteiger partial charge in [-0.15, -0.1) is 0 Å². The summed E-state index contributed by atoms with van der Waals surface area (Å²) in [5.41, 5.74) is 0.718. The minimum Gasteiger partial charge on any atom is -0.394 e. The van der Waals surface area contributed by atoms with Crippen LogP contribution in [0.1, 0.15) is 20.7 Å². The molecule has 0 fully saturated rings. The van der Waals surface area contributed by atoms with Crippen LogP contribution >= 0.6 is 0 Å². The minimum absolute atomic E-state index is 0.125. The van der Waals surface area contributed by atoms with Crippen LogP contribution in [0.15, 0.2) is 36.4 Å². The van der Waals surface area contributed by atoms with Crippen LogP contribution in [0.25, 0.3) is 0 Å². The standard InChI is InChI=1S/C8H4O3.C4H2O3.C2H6O2/c9-7-5-3-1-2-4-6(5)8(10)11-7;5-3-1-2-4(6)7-3;3-1-2-4/h1-4H;1-2H;3-4H,1-2H2. The van der Waals surface area contributed by atoms with Gasteiger partial charge in [-0.05, 0) is 12.1 Å². The number of hydrogen-bond donors (Lipinski definition) is 2. The largest absolute Gasteiger partial charge is 0.394 e. The van der Waals surface area contributed by atoms with E-state index in [1.807, 2.05) is 0 Å². The number of aliphatic hydroxyl groups excluding tert-OH is 2. The summed E-state index contributed by atoms with van der Waals surface area (Å²) in [5.74, 6) is -2.26. The number of ether oxygens (including phenoxy) is 2. The molecule has 116 valence electrons. The highest BCUT2D eigenvalue weighted by atomic mass is 16.6. The predicted octanol–water partition coefficient (Wildman–Crippen LogP) is -0.406. The Morgan fingerprint density at radius 1 is 0.727 bits per heavy atom. The van der Waals surface area contributed by atoms with Crippen molar-refractivity contribution in [3.8, 4) is 0 Å². The van der Waals surface area contributed by atoms with Crippen molar-refractivity contribution in [2.45, 2.75) is 0 Å². The molecule has 0 bridgehead atoms. The monoisotopic (exact) mass is 308 g/mol. The Morgan fingerprint density at radius 3 is 1.41 bits per heavy atom. The molecule has 2 aliphatic rings. The first-order chi connectivity index (χ1) is 10.5. The molecule has 0 radical (unpaired) electrons. The lowest BCUT2D eigenvalue weighted by molar-refractivity contribution is -0.150. The SMILES string of the molecule is O=C1C=CC(=O)O1.O=C1OC(=O)c2ccccc21.OCCO. The van der Waals surface area contributed by atoms with Crippen LogP contribution in [-0.4, -0.2) is 47.3 Å². The molecule has 0 saturated heterocycles. The maximum atomic E-state index is 10.8. The van der Waals surface area contributed by atoms with E-state index in [0.29, 0.717) is 11.1 Å². The van der Waals surface area contributed by atoms with Gasteiger partial charge in [0.2, 0.25) is 0 Å². The molecule has 1 aromatic carbocycles. The maximum absolute atomic E-state index is 10.8. The van der Waals surface area contributed by atoms with Gasteiger partial charge in [0, 0.05) is 12.2 Å². The van der Waals surface area contributed by atoms with Crippen LogP contribution in [0, 0.1) is 0 Å². The zero-order valence-electron chi connectivity index (χ0n) is 11.2. The molecule has 2 N–H and O–H groups in total. The first kappa shape index (κ1) is 17.2. The molecule has 0 atom stereocenters. The van der Waals surface area contributed by atoms with Crippen LogP contribution in [0.2, 0.25) is 0 Å². The number of rotatable bonds is 1. The van der Waals surface area contributed by atoms with E-state index < -0.39 is 23.9 Å². The third-order valence-electron chi connectivity index (χ3n) is 2.21. The van der Waals surface area contributed by atoms with Gasteiger partial charge >= 0.3 is 23.9 Å². The fourth-order valence-electron chi connectivity index (χ4n) is 1.34. The van der Waals surface area contributed by atoms with Crippen molar-refractivity contribution in [1.29, 1.82) is 0 Å². The highest BCUT2D eigenvalue weighted by Gasteiger charge is 2.28. The molecule has 22 heavy (non-hydrogen) atoms. The molecular formula is C14H12O8. The molecule has 2 heterocycles. The van der Waals surface area contributed by atoms with Crippen molar-refractivity contribution in [2.75, 3.05) is 13.2 Å². The Labute approximate surface area is 124 Å². The van der Waals surface area contributed by atoms with E-state index in [1.165, 1.54) is 0 Å². The second kappa shape index (κ2) is 8.45. The molecule has 0 amide bonds. The normalized spacial score (nSPS) is 14.3. The second-order valence-corrected chi connectivity index (χ2v) is 3.74. The average molecular weight is 308 g/mol. The first-order valence-corrected chi connectivity index (χ1v) is 6.00. The molecular weight excluding hydrogens is 296 g/mol. The minimum atomic E-state index is -0.579. The molecule has 1 aromatic rings. The van der Waals surface area contributed by atoms with Gasteiger partial charge in [0.1, 0.15) is 0 Å². The van der Waals surface area contributed by atoms with Crippen LogP contribution < -0.4 is 0 Å². The number of fused-ring (bicyclic) bond motifs is 1. The third kappa shape index (κ3) is 4.93. The van der Waals surface area contributed by atoms with E-state index in [4.69, 9.17) is 10.2 Å². The fourth-order valence-corrected chi connectivity index (χ4v) is 1.34. The van der Waals surface area contributed by atoms with E-state index >= 15 is 0 Å². The highest BCUT2D eigenvalue weighted by Crippen LogP contribution is 2.18. The van der Waals surface area contributed by atoms with Gasteiger partial charge in [0.15, 0.2) is 0 Å². The summed E-state index contributed by atoms with van der Waals surface area (Å²) in [7, 11) is 0. The van der Waals surface area contributed by atoms with E-state index in [1.54, 1.807) is 24.3 Å². The Morgan fingerprint density at radius 2 is 1.14 bits per heavy atom. The zero-order valence-corrected chi connectivity index (χ0v) is 11.2. The summed E-state index contributed by atoms with van der Waals surface area (Å²) in [6.07, 6.45) is 2.17. The first-order valence-electron chi connectivity index (χ1n) is 6.00. The summed E-state index contributed by atoms with van der Waals surface area (Å²) in [6, 6.07) is 6.53. The molecule has 8 heteroatoms. The number of aliphatic hydroxyl groups is 2. The predicted molar refractivity (Wildman–Crippen MR) is 70.6 cm³/mol. The number of carbonyl (C=O) groups excluding carboxylic acids is 4. The molecule has 0 aliphatic carbocycles. The number of cyclic esters (lactones) is 4. The average Bonchev–Trinajstić information content (AvgIpc) is 3.03. The van der Waals surface area contributed by atoms with Crippen molar-refractivity contribution in [3.63, 3.8) is 0 Å². The Bertz CT molecular complexity index is 566. The van der Waals surface area contributed by atoms with E-state index in [-0.39, 0.29) is 13.2 Å². The lowest BCUT2D eigenvalue weighted by atomic mass is 10.1. The van der Waals surface area contributed by atoms with E-state index in [9.17, 15) is 19.2 Å². The number of carbonyl (C=O) groups is 4. The van der Waals surface area contributed by atoms with Gasteiger partial charge in [0.05, 0.1) is 24.3 Å². The van der Waals surface area contributed by atoms with Crippen LogP contribution in [0.5, 0.6) is 0 Å². The maximum Gasteiger partial charge on any atom is 0.346 e. The highest BCUT2D eigenvalue weighted by molar-refractivity contribution is 6.14. The Balaban J connectivity index is 0.000000190. The van der Waals surface area contributed by atoms with Gasteiger partial charge in [0.25, 0.3) is 0 Å². The van der Waals surface area contributed by atoms with Crippen molar-refractivity contribution >= 4 is 23.9 Å².